The number of aliphatic hydroxyl groups is 1. The third-order valence-electron chi connectivity index (χ3n) is 4.05. The summed E-state index contributed by atoms with van der Waals surface area (Å²) in [6.45, 7) is 4.09. The van der Waals surface area contributed by atoms with Gasteiger partial charge in [-0.25, -0.2) is 0 Å². The first-order valence-electron chi connectivity index (χ1n) is 7.15. The van der Waals surface area contributed by atoms with Gasteiger partial charge in [0.15, 0.2) is 0 Å². The van der Waals surface area contributed by atoms with Crippen molar-refractivity contribution in [1.82, 2.24) is 0 Å². The van der Waals surface area contributed by atoms with E-state index in [0.717, 1.165) is 29.7 Å². The van der Waals surface area contributed by atoms with Crippen molar-refractivity contribution in [3.63, 3.8) is 0 Å². The summed E-state index contributed by atoms with van der Waals surface area (Å²) in [4.78, 5) is 0. The Labute approximate surface area is 120 Å². The smallest absolute Gasteiger partial charge is 0.129 e. The molecule has 0 amide bonds. The highest BCUT2D eigenvalue weighted by Gasteiger charge is 2.29. The molecule has 2 aromatic rings. The number of ether oxygens (including phenoxy) is 1. The van der Waals surface area contributed by atoms with Gasteiger partial charge in [-0.15, -0.1) is 0 Å². The van der Waals surface area contributed by atoms with E-state index in [-0.39, 0.29) is 6.10 Å². The van der Waals surface area contributed by atoms with Gasteiger partial charge >= 0.3 is 0 Å². The molecule has 2 unspecified atom stereocenters. The lowest BCUT2D eigenvalue weighted by Crippen LogP contribution is -2.30. The maximum atomic E-state index is 10.5. The molecule has 0 fully saturated rings. The van der Waals surface area contributed by atoms with Crippen LogP contribution < -0.4 is 4.74 Å². The summed E-state index contributed by atoms with van der Waals surface area (Å²) in [6.07, 6.45) is 1.11. The van der Waals surface area contributed by atoms with Crippen molar-refractivity contribution in [2.75, 3.05) is 0 Å². The molecule has 1 aliphatic carbocycles. The van der Waals surface area contributed by atoms with Gasteiger partial charge in [0.25, 0.3) is 0 Å². The number of aliphatic hydroxyl groups excluding tert-OH is 1. The van der Waals surface area contributed by atoms with Crippen molar-refractivity contribution in [1.29, 1.82) is 0 Å². The number of rotatable bonds is 2. The number of aryl methyl sites for hydroxylation is 3. The van der Waals surface area contributed by atoms with Crippen molar-refractivity contribution < 1.29 is 9.84 Å². The van der Waals surface area contributed by atoms with E-state index in [1.165, 1.54) is 11.1 Å². The largest absolute Gasteiger partial charge is 0.487 e. The van der Waals surface area contributed by atoms with Gasteiger partial charge in [0.05, 0.1) is 0 Å². The summed E-state index contributed by atoms with van der Waals surface area (Å²) in [7, 11) is 0. The summed E-state index contributed by atoms with van der Waals surface area (Å²) in [5.74, 6) is 0.883. The molecule has 1 N–H and O–H groups in total. The lowest BCUT2D eigenvalue weighted by molar-refractivity contribution is 0.0226. The Bertz CT molecular complexity index is 619. The standard InChI is InChI=1S/C18H20O2/c1-12-7-8-13(2)17(11-12)20-16-10-9-14-5-3-4-6-15(14)18(16)19/h3-8,11,16,18-19H,9-10H2,1-2H3. The number of hydrogen-bond acceptors (Lipinski definition) is 2. The van der Waals surface area contributed by atoms with Crippen LogP contribution >= 0.6 is 0 Å². The number of benzene rings is 2. The van der Waals surface area contributed by atoms with Crippen LogP contribution in [0.3, 0.4) is 0 Å². The lowest BCUT2D eigenvalue weighted by atomic mass is 9.87. The lowest BCUT2D eigenvalue weighted by Gasteiger charge is -2.31. The number of hydrogen-bond donors (Lipinski definition) is 1. The van der Waals surface area contributed by atoms with Crippen LogP contribution in [0.4, 0.5) is 0 Å². The zero-order chi connectivity index (χ0) is 14.1. The van der Waals surface area contributed by atoms with Crippen molar-refractivity contribution in [3.05, 3.63) is 64.7 Å². The zero-order valence-corrected chi connectivity index (χ0v) is 12.0. The fraction of sp³-hybridized carbons (Fsp3) is 0.333. The van der Waals surface area contributed by atoms with Crippen LogP contribution in [-0.4, -0.2) is 11.2 Å². The van der Waals surface area contributed by atoms with Gasteiger partial charge in [-0.05, 0) is 55.0 Å². The molecule has 0 aromatic heterocycles. The van der Waals surface area contributed by atoms with Gasteiger partial charge in [-0.3, -0.25) is 0 Å². The first kappa shape index (κ1) is 13.2. The zero-order valence-electron chi connectivity index (χ0n) is 12.0. The maximum Gasteiger partial charge on any atom is 0.129 e. The summed E-state index contributed by atoms with van der Waals surface area (Å²) < 4.78 is 6.09. The van der Waals surface area contributed by atoms with E-state index in [0.29, 0.717) is 0 Å². The molecule has 0 spiro atoms. The van der Waals surface area contributed by atoms with Gasteiger partial charge in [-0.2, -0.15) is 0 Å². The first-order chi connectivity index (χ1) is 9.65. The molecule has 0 aliphatic heterocycles. The molecule has 1 aliphatic rings. The molecular weight excluding hydrogens is 248 g/mol. The molecule has 20 heavy (non-hydrogen) atoms. The van der Waals surface area contributed by atoms with Gasteiger partial charge in [0, 0.05) is 0 Å². The molecule has 0 bridgehead atoms. The van der Waals surface area contributed by atoms with Crippen LogP contribution in [-0.2, 0) is 6.42 Å². The molecule has 104 valence electrons. The Morgan fingerprint density at radius 3 is 2.75 bits per heavy atom. The van der Waals surface area contributed by atoms with E-state index < -0.39 is 6.10 Å². The molecule has 2 nitrogen and oxygen atoms in total. The first-order valence-corrected chi connectivity index (χ1v) is 7.15. The van der Waals surface area contributed by atoms with Crippen LogP contribution in [0.25, 0.3) is 0 Å². The average molecular weight is 268 g/mol. The Kier molecular flexibility index (Phi) is 3.49. The van der Waals surface area contributed by atoms with E-state index in [1.807, 2.05) is 31.2 Å². The van der Waals surface area contributed by atoms with Crippen LogP contribution in [0.2, 0.25) is 0 Å². The predicted molar refractivity (Wildman–Crippen MR) is 80.1 cm³/mol. The third-order valence-corrected chi connectivity index (χ3v) is 4.05. The van der Waals surface area contributed by atoms with E-state index in [2.05, 4.69) is 25.1 Å². The minimum atomic E-state index is -0.542. The normalized spacial score (nSPS) is 21.4. The molecular formula is C18H20O2. The highest BCUT2D eigenvalue weighted by molar-refractivity contribution is 5.37. The molecule has 3 rings (SSSR count). The Morgan fingerprint density at radius 2 is 1.90 bits per heavy atom. The van der Waals surface area contributed by atoms with Gasteiger partial charge in [0.1, 0.15) is 18.0 Å². The van der Waals surface area contributed by atoms with Crippen molar-refractivity contribution in [3.8, 4) is 5.75 Å². The summed E-state index contributed by atoms with van der Waals surface area (Å²) in [5, 5.41) is 10.5. The van der Waals surface area contributed by atoms with Crippen molar-refractivity contribution >= 4 is 0 Å². The van der Waals surface area contributed by atoms with Crippen molar-refractivity contribution in [2.45, 2.75) is 38.9 Å². The quantitative estimate of drug-likeness (QED) is 0.899. The third kappa shape index (κ3) is 2.44. The second-order valence-electron chi connectivity index (χ2n) is 5.61. The SMILES string of the molecule is Cc1ccc(C)c(OC2CCc3ccccc3C2O)c1. The van der Waals surface area contributed by atoms with Gasteiger partial charge in [0.2, 0.25) is 0 Å². The second kappa shape index (κ2) is 5.29. The van der Waals surface area contributed by atoms with E-state index in [4.69, 9.17) is 4.74 Å². The van der Waals surface area contributed by atoms with E-state index in [9.17, 15) is 5.11 Å². The monoisotopic (exact) mass is 268 g/mol. The molecule has 0 saturated carbocycles. The Balaban J connectivity index is 1.84. The topological polar surface area (TPSA) is 29.5 Å². The molecule has 0 heterocycles. The van der Waals surface area contributed by atoms with Gasteiger partial charge in [-0.1, -0.05) is 36.4 Å². The van der Waals surface area contributed by atoms with Crippen molar-refractivity contribution in [2.24, 2.45) is 0 Å². The molecule has 2 heteroatoms. The second-order valence-corrected chi connectivity index (χ2v) is 5.61. The van der Waals surface area contributed by atoms with E-state index in [1.54, 1.807) is 0 Å². The van der Waals surface area contributed by atoms with Crippen LogP contribution in [0, 0.1) is 13.8 Å². The van der Waals surface area contributed by atoms with Crippen LogP contribution in [0.15, 0.2) is 42.5 Å². The molecule has 2 aromatic carbocycles. The van der Waals surface area contributed by atoms with E-state index >= 15 is 0 Å². The highest BCUT2D eigenvalue weighted by Crippen LogP contribution is 2.33. The molecule has 2 atom stereocenters. The molecule has 0 saturated heterocycles. The minimum Gasteiger partial charge on any atom is -0.487 e. The summed E-state index contributed by atoms with van der Waals surface area (Å²) >= 11 is 0. The van der Waals surface area contributed by atoms with Gasteiger partial charge < -0.3 is 9.84 Å². The Morgan fingerprint density at radius 1 is 1.10 bits per heavy atom. The highest BCUT2D eigenvalue weighted by atomic mass is 16.5. The fourth-order valence-electron chi connectivity index (χ4n) is 2.83. The molecule has 0 radical (unpaired) electrons. The number of fused-ring (bicyclic) bond motifs is 1. The average Bonchev–Trinajstić information content (AvgIpc) is 2.46. The maximum absolute atomic E-state index is 10.5. The van der Waals surface area contributed by atoms with Crippen LogP contribution in [0.5, 0.6) is 5.75 Å². The fourth-order valence-corrected chi connectivity index (χ4v) is 2.83. The summed E-state index contributed by atoms with van der Waals surface area (Å²) in [6, 6.07) is 14.3. The van der Waals surface area contributed by atoms with Crippen LogP contribution in [0.1, 0.15) is 34.8 Å². The minimum absolute atomic E-state index is 0.162. The Hall–Kier alpha value is -1.80. The summed E-state index contributed by atoms with van der Waals surface area (Å²) in [5.41, 5.74) is 4.54. The predicted octanol–water partition coefficient (Wildman–Crippen LogP) is 3.73.